The van der Waals surface area contributed by atoms with E-state index in [9.17, 15) is 0 Å². The van der Waals surface area contributed by atoms with Gasteiger partial charge in [-0.2, -0.15) is 28.2 Å². The zero-order chi connectivity index (χ0) is 12.3. The van der Waals surface area contributed by atoms with E-state index in [1.54, 1.807) is 14.1 Å². The van der Waals surface area contributed by atoms with E-state index < -0.39 is 0 Å². The van der Waals surface area contributed by atoms with Crippen LogP contribution in [0.4, 0.5) is 0 Å². The van der Waals surface area contributed by atoms with Gasteiger partial charge in [-0.3, -0.25) is 0 Å². The summed E-state index contributed by atoms with van der Waals surface area (Å²) in [6.45, 7) is 6.31. The summed E-state index contributed by atoms with van der Waals surface area (Å²) in [4.78, 5) is 2.27. The monoisotopic (exact) mass is 320 g/mol. The van der Waals surface area contributed by atoms with Gasteiger partial charge in [0.15, 0.2) is 0 Å². The molecule has 0 aliphatic carbocycles. The molecule has 0 heterocycles. The molecular formula is C12H30N4Zr. The molecule has 2 atom stereocenters. The smallest absolute Gasteiger partial charge is 0.668 e. The van der Waals surface area contributed by atoms with Crippen molar-refractivity contribution in [2.45, 2.75) is 25.9 Å². The van der Waals surface area contributed by atoms with E-state index in [1.807, 2.05) is 14.1 Å². The van der Waals surface area contributed by atoms with Crippen molar-refractivity contribution < 1.29 is 26.2 Å². The van der Waals surface area contributed by atoms with E-state index in [-0.39, 0.29) is 33.6 Å². The van der Waals surface area contributed by atoms with Crippen molar-refractivity contribution in [3.8, 4) is 0 Å². The van der Waals surface area contributed by atoms with Gasteiger partial charge in [0.2, 0.25) is 0 Å². The Hall–Kier alpha value is 0.723. The first-order valence-electron chi connectivity index (χ1n) is 5.36. The minimum Gasteiger partial charge on any atom is -0.668 e. The Morgan fingerprint density at radius 3 is 1.29 bits per heavy atom. The molecule has 0 fully saturated rings. The van der Waals surface area contributed by atoms with Crippen molar-refractivity contribution in [3.63, 3.8) is 0 Å². The maximum absolute atomic E-state index is 4.19. The summed E-state index contributed by atoms with van der Waals surface area (Å²) >= 11 is 0. The van der Waals surface area contributed by atoms with E-state index in [0.717, 1.165) is 13.1 Å². The fourth-order valence-corrected chi connectivity index (χ4v) is 1.14. The second kappa shape index (κ2) is 19.1. The Balaban J connectivity index is -0.000000152. The zero-order valence-electron chi connectivity index (χ0n) is 12.9. The predicted octanol–water partition coefficient (Wildman–Crippen LogP) is 2.77. The SMILES string of the molecule is C[N-]C.C[N-]C(C)CN(C)CC(C)[N-]C.[CH3-].[Zr+4]. The minimum atomic E-state index is 0. The van der Waals surface area contributed by atoms with Gasteiger partial charge >= 0.3 is 26.2 Å². The van der Waals surface area contributed by atoms with E-state index >= 15 is 0 Å². The molecule has 0 saturated heterocycles. The molecule has 5 heteroatoms. The average molecular weight is 322 g/mol. The van der Waals surface area contributed by atoms with Gasteiger partial charge in [-0.1, -0.05) is 13.8 Å². The fourth-order valence-electron chi connectivity index (χ4n) is 1.14. The average Bonchev–Trinajstić information content (AvgIpc) is 2.18. The number of likely N-dealkylation sites (N-methyl/N-ethyl adjacent to an activating group) is 3. The number of hydrogen-bond acceptors (Lipinski definition) is 1. The summed E-state index contributed by atoms with van der Waals surface area (Å²) in [5.74, 6) is 0. The Labute approximate surface area is 128 Å². The third-order valence-electron chi connectivity index (χ3n) is 2.03. The largest absolute Gasteiger partial charge is 4.00 e. The predicted molar refractivity (Wildman–Crippen MR) is 76.6 cm³/mol. The van der Waals surface area contributed by atoms with Crippen LogP contribution < -0.4 is 0 Å². The molecule has 17 heavy (non-hydrogen) atoms. The molecule has 0 amide bonds. The van der Waals surface area contributed by atoms with Crippen LogP contribution in [0, 0.1) is 7.43 Å². The minimum absolute atomic E-state index is 0. The molecule has 0 spiro atoms. The number of hydrogen-bond donors (Lipinski definition) is 0. The third kappa shape index (κ3) is 22.4. The maximum Gasteiger partial charge on any atom is 4.00 e. The van der Waals surface area contributed by atoms with Gasteiger partial charge in [0.1, 0.15) is 0 Å². The van der Waals surface area contributed by atoms with Crippen molar-refractivity contribution in [2.24, 2.45) is 0 Å². The summed E-state index contributed by atoms with van der Waals surface area (Å²) < 4.78 is 0. The Morgan fingerprint density at radius 2 is 1.12 bits per heavy atom. The molecular weight excluding hydrogens is 291 g/mol. The van der Waals surface area contributed by atoms with Crippen LogP contribution in [0.25, 0.3) is 16.0 Å². The Kier molecular flexibility index (Phi) is 29.5. The molecule has 0 bridgehead atoms. The fraction of sp³-hybridized carbons (Fsp3) is 0.917. The summed E-state index contributed by atoms with van der Waals surface area (Å²) in [6, 6.07) is 0.859. The first-order chi connectivity index (χ1) is 7.01. The molecule has 0 aromatic carbocycles. The second-order valence-electron chi connectivity index (χ2n) is 3.88. The van der Waals surface area contributed by atoms with Crippen molar-refractivity contribution in [3.05, 3.63) is 23.4 Å². The molecule has 102 valence electrons. The van der Waals surface area contributed by atoms with Gasteiger partial charge in [-0.25, -0.2) is 0 Å². The Morgan fingerprint density at radius 1 is 0.882 bits per heavy atom. The van der Waals surface area contributed by atoms with Gasteiger partial charge in [-0.15, -0.1) is 12.1 Å². The van der Waals surface area contributed by atoms with Gasteiger partial charge in [0, 0.05) is 0 Å². The quantitative estimate of drug-likeness (QED) is 0.694. The van der Waals surface area contributed by atoms with Crippen LogP contribution in [0.1, 0.15) is 13.8 Å². The molecule has 0 aromatic rings. The molecule has 0 aliphatic rings. The van der Waals surface area contributed by atoms with E-state index in [1.165, 1.54) is 0 Å². The Bertz CT molecular complexity index is 113. The molecule has 0 aliphatic heterocycles. The topological polar surface area (TPSA) is 45.5 Å². The normalized spacial score (nSPS) is 12.7. The molecule has 0 radical (unpaired) electrons. The molecule has 4 nitrogen and oxygen atoms in total. The van der Waals surface area contributed by atoms with Crippen molar-refractivity contribution in [1.29, 1.82) is 0 Å². The summed E-state index contributed by atoms with van der Waals surface area (Å²) in [6.07, 6.45) is 0. The molecule has 0 rings (SSSR count). The van der Waals surface area contributed by atoms with E-state index in [2.05, 4.69) is 41.7 Å². The van der Waals surface area contributed by atoms with Crippen LogP contribution in [0.5, 0.6) is 0 Å². The number of nitrogens with zero attached hydrogens (tertiary/aromatic N) is 4. The molecule has 0 saturated carbocycles. The summed E-state index contributed by atoms with van der Waals surface area (Å²) in [7, 11) is 9.35. The van der Waals surface area contributed by atoms with E-state index in [0.29, 0.717) is 12.1 Å². The van der Waals surface area contributed by atoms with Gasteiger partial charge < -0.3 is 28.3 Å². The molecule has 0 aromatic heterocycles. The molecule has 2 unspecified atom stereocenters. The van der Waals surface area contributed by atoms with Crippen LogP contribution in [-0.4, -0.2) is 65.3 Å². The van der Waals surface area contributed by atoms with Gasteiger partial charge in [-0.05, 0) is 20.1 Å². The number of rotatable bonds is 6. The van der Waals surface area contributed by atoms with Crippen LogP contribution in [0.15, 0.2) is 0 Å². The van der Waals surface area contributed by atoms with Crippen LogP contribution in [0.3, 0.4) is 0 Å². The standard InChI is InChI=1S/C9H21N3.C2H6N.CH3.Zr/c1-8(10-3)6-12(5)7-9(2)11-4;1-3-2;;/h8-9H,6-7H2,1-5H3;1-2H3;1H3;/q-2;2*-1;+4. The van der Waals surface area contributed by atoms with Gasteiger partial charge in [0.05, 0.1) is 0 Å². The van der Waals surface area contributed by atoms with Crippen molar-refractivity contribution in [1.82, 2.24) is 4.90 Å². The molecule has 0 N–H and O–H groups in total. The van der Waals surface area contributed by atoms with E-state index in [4.69, 9.17) is 0 Å². The summed E-state index contributed by atoms with van der Waals surface area (Å²) in [5.41, 5.74) is 0. The van der Waals surface area contributed by atoms with Crippen LogP contribution in [0.2, 0.25) is 0 Å². The first kappa shape index (κ1) is 26.3. The van der Waals surface area contributed by atoms with Crippen molar-refractivity contribution >= 4 is 0 Å². The summed E-state index contributed by atoms with van der Waals surface area (Å²) in [5, 5.41) is 11.9. The first-order valence-corrected chi connectivity index (χ1v) is 5.36. The van der Waals surface area contributed by atoms with Crippen LogP contribution >= 0.6 is 0 Å². The van der Waals surface area contributed by atoms with Crippen LogP contribution in [-0.2, 0) is 26.2 Å². The maximum atomic E-state index is 4.19. The third-order valence-corrected chi connectivity index (χ3v) is 2.03. The zero-order valence-corrected chi connectivity index (χ0v) is 15.3. The van der Waals surface area contributed by atoms with Gasteiger partial charge in [0.25, 0.3) is 0 Å². The second-order valence-corrected chi connectivity index (χ2v) is 3.88. The van der Waals surface area contributed by atoms with Crippen molar-refractivity contribution in [2.75, 3.05) is 48.3 Å².